The number of nitrogens with zero attached hydrogens (tertiary/aromatic N) is 3. The molecular formula is C17H15N3O4. The van der Waals surface area contributed by atoms with Crippen LogP contribution in [0.25, 0.3) is 0 Å². The van der Waals surface area contributed by atoms with E-state index in [2.05, 4.69) is 4.98 Å². The SMILES string of the molecule is Cc1cn2c(n1)CCC(C(=O)ON1C(=O)c3ccccc3C1=O)C2. The quantitative estimate of drug-likeness (QED) is 0.782. The summed E-state index contributed by atoms with van der Waals surface area (Å²) in [5, 5.41) is 0.571. The minimum absolute atomic E-state index is 0.256. The highest BCUT2D eigenvalue weighted by Gasteiger charge is 2.40. The Hall–Kier alpha value is -2.96. The van der Waals surface area contributed by atoms with Crippen LogP contribution in [0.4, 0.5) is 0 Å². The lowest BCUT2D eigenvalue weighted by Crippen LogP contribution is -2.37. The molecule has 24 heavy (non-hydrogen) atoms. The van der Waals surface area contributed by atoms with Crippen LogP contribution >= 0.6 is 0 Å². The molecule has 122 valence electrons. The standard InChI is InChI=1S/C17H15N3O4/c1-10-8-19-9-11(6-7-14(19)18-10)17(23)24-20-15(21)12-4-2-3-5-13(12)16(20)22/h2-5,8,11H,6-7,9H2,1H3. The number of fused-ring (bicyclic) bond motifs is 2. The third kappa shape index (κ3) is 2.20. The number of rotatable bonds is 2. The van der Waals surface area contributed by atoms with Crippen LogP contribution in [0.2, 0.25) is 0 Å². The lowest BCUT2D eigenvalue weighted by molar-refractivity contribution is -0.174. The number of amides is 2. The number of carbonyl (C=O) groups is 3. The van der Waals surface area contributed by atoms with Crippen LogP contribution in [0, 0.1) is 12.8 Å². The van der Waals surface area contributed by atoms with Crippen molar-refractivity contribution in [2.24, 2.45) is 5.92 Å². The summed E-state index contributed by atoms with van der Waals surface area (Å²) in [5.74, 6) is -1.23. The molecule has 2 aliphatic heterocycles. The Labute approximate surface area is 137 Å². The van der Waals surface area contributed by atoms with Crippen LogP contribution in [0.5, 0.6) is 0 Å². The van der Waals surface area contributed by atoms with Crippen molar-refractivity contribution in [3.05, 3.63) is 53.1 Å². The molecule has 0 N–H and O–H groups in total. The van der Waals surface area contributed by atoms with Gasteiger partial charge in [-0.3, -0.25) is 9.59 Å². The summed E-state index contributed by atoms with van der Waals surface area (Å²) in [6, 6.07) is 6.42. The molecule has 7 nitrogen and oxygen atoms in total. The van der Waals surface area contributed by atoms with Crippen molar-refractivity contribution in [1.29, 1.82) is 0 Å². The molecule has 0 bridgehead atoms. The summed E-state index contributed by atoms with van der Waals surface area (Å²) in [7, 11) is 0. The van der Waals surface area contributed by atoms with E-state index >= 15 is 0 Å². The predicted octanol–water partition coefficient (Wildman–Crippen LogP) is 1.51. The van der Waals surface area contributed by atoms with Gasteiger partial charge in [-0.05, 0) is 25.5 Å². The van der Waals surface area contributed by atoms with Crippen molar-refractivity contribution in [2.45, 2.75) is 26.3 Å². The first-order chi connectivity index (χ1) is 11.5. The Morgan fingerprint density at radius 1 is 1.21 bits per heavy atom. The number of hydrogen-bond acceptors (Lipinski definition) is 5. The maximum Gasteiger partial charge on any atom is 0.338 e. The lowest BCUT2D eigenvalue weighted by Gasteiger charge is -2.23. The molecule has 7 heteroatoms. The van der Waals surface area contributed by atoms with Crippen molar-refractivity contribution in [2.75, 3.05) is 0 Å². The number of imide groups is 1. The average Bonchev–Trinajstić information content (AvgIpc) is 3.07. The minimum Gasteiger partial charge on any atom is -0.334 e. The van der Waals surface area contributed by atoms with E-state index in [1.54, 1.807) is 24.3 Å². The molecule has 0 saturated heterocycles. The molecule has 0 aliphatic carbocycles. The smallest absolute Gasteiger partial charge is 0.334 e. The van der Waals surface area contributed by atoms with Crippen LogP contribution in [0.15, 0.2) is 30.5 Å². The number of aryl methyl sites for hydroxylation is 2. The van der Waals surface area contributed by atoms with E-state index < -0.39 is 23.7 Å². The lowest BCUT2D eigenvalue weighted by atomic mass is 10.00. The van der Waals surface area contributed by atoms with E-state index in [1.165, 1.54) is 0 Å². The molecule has 2 aliphatic rings. The Morgan fingerprint density at radius 3 is 2.54 bits per heavy atom. The molecule has 4 rings (SSSR count). The number of hydrogen-bond donors (Lipinski definition) is 0. The fourth-order valence-electron chi connectivity index (χ4n) is 3.19. The van der Waals surface area contributed by atoms with Gasteiger partial charge in [0.15, 0.2) is 0 Å². The highest BCUT2D eigenvalue weighted by Crippen LogP contribution is 2.26. The summed E-state index contributed by atoms with van der Waals surface area (Å²) in [6.07, 6.45) is 3.13. The van der Waals surface area contributed by atoms with Crippen LogP contribution in [0.1, 0.15) is 38.7 Å². The third-order valence-electron chi connectivity index (χ3n) is 4.38. The molecule has 0 radical (unpaired) electrons. The Kier molecular flexibility index (Phi) is 3.23. The predicted molar refractivity (Wildman–Crippen MR) is 81.8 cm³/mol. The molecular weight excluding hydrogens is 310 g/mol. The van der Waals surface area contributed by atoms with Gasteiger partial charge >= 0.3 is 5.97 Å². The number of benzene rings is 1. The van der Waals surface area contributed by atoms with Gasteiger partial charge in [0, 0.05) is 19.2 Å². The summed E-state index contributed by atoms with van der Waals surface area (Å²) in [5.41, 5.74) is 1.41. The van der Waals surface area contributed by atoms with Crippen molar-refractivity contribution in [3.8, 4) is 0 Å². The van der Waals surface area contributed by atoms with Crippen LogP contribution < -0.4 is 0 Å². The molecule has 0 fully saturated rings. The number of carbonyl (C=O) groups excluding carboxylic acids is 3. The second-order valence-corrected chi connectivity index (χ2v) is 6.05. The number of imidazole rings is 1. The molecule has 1 aromatic carbocycles. The second kappa shape index (κ2) is 5.30. The van der Waals surface area contributed by atoms with Crippen molar-refractivity contribution < 1.29 is 19.2 Å². The van der Waals surface area contributed by atoms with E-state index in [0.29, 0.717) is 24.4 Å². The monoisotopic (exact) mass is 325 g/mol. The largest absolute Gasteiger partial charge is 0.338 e. The van der Waals surface area contributed by atoms with Gasteiger partial charge in [-0.1, -0.05) is 17.2 Å². The fraction of sp³-hybridized carbons (Fsp3) is 0.294. The number of aromatic nitrogens is 2. The van der Waals surface area contributed by atoms with Gasteiger partial charge in [0.25, 0.3) is 11.8 Å². The Morgan fingerprint density at radius 2 is 1.88 bits per heavy atom. The van der Waals surface area contributed by atoms with Gasteiger partial charge in [-0.15, -0.1) is 0 Å². The van der Waals surface area contributed by atoms with Crippen LogP contribution in [-0.2, 0) is 22.6 Å². The highest BCUT2D eigenvalue weighted by molar-refractivity contribution is 6.20. The van der Waals surface area contributed by atoms with E-state index in [-0.39, 0.29) is 11.1 Å². The van der Waals surface area contributed by atoms with Crippen LogP contribution in [-0.4, -0.2) is 32.4 Å². The van der Waals surface area contributed by atoms with Gasteiger partial charge in [0.1, 0.15) is 5.82 Å². The minimum atomic E-state index is -0.598. The maximum atomic E-state index is 12.4. The Bertz CT molecular complexity index is 835. The molecule has 0 spiro atoms. The van der Waals surface area contributed by atoms with E-state index in [4.69, 9.17) is 4.84 Å². The summed E-state index contributed by atoms with van der Waals surface area (Å²) >= 11 is 0. The number of hydroxylamine groups is 2. The van der Waals surface area contributed by atoms with E-state index in [0.717, 1.165) is 11.5 Å². The summed E-state index contributed by atoms with van der Waals surface area (Å²) in [6.45, 7) is 2.34. The molecule has 2 aromatic rings. The first kappa shape index (κ1) is 14.6. The van der Waals surface area contributed by atoms with Gasteiger partial charge in [-0.2, -0.15) is 0 Å². The zero-order valence-corrected chi connectivity index (χ0v) is 13.1. The van der Waals surface area contributed by atoms with Crippen LogP contribution in [0.3, 0.4) is 0 Å². The first-order valence-corrected chi connectivity index (χ1v) is 7.77. The van der Waals surface area contributed by atoms with Crippen molar-refractivity contribution >= 4 is 17.8 Å². The first-order valence-electron chi connectivity index (χ1n) is 7.77. The highest BCUT2D eigenvalue weighted by atomic mass is 16.7. The second-order valence-electron chi connectivity index (χ2n) is 6.05. The molecule has 1 unspecified atom stereocenters. The summed E-state index contributed by atoms with van der Waals surface area (Å²) in [4.78, 5) is 46.4. The van der Waals surface area contributed by atoms with Gasteiger partial charge in [0.05, 0.1) is 22.7 Å². The topological polar surface area (TPSA) is 81.5 Å². The molecule has 2 amide bonds. The van der Waals surface area contributed by atoms with E-state index in [1.807, 2.05) is 17.7 Å². The zero-order valence-electron chi connectivity index (χ0n) is 13.1. The van der Waals surface area contributed by atoms with Gasteiger partial charge < -0.3 is 9.40 Å². The molecule has 1 aromatic heterocycles. The normalized spacial score (nSPS) is 19.2. The fourth-order valence-corrected chi connectivity index (χ4v) is 3.19. The van der Waals surface area contributed by atoms with Crippen molar-refractivity contribution in [1.82, 2.24) is 14.6 Å². The maximum absolute atomic E-state index is 12.4. The van der Waals surface area contributed by atoms with Gasteiger partial charge in [-0.25, -0.2) is 9.78 Å². The zero-order chi connectivity index (χ0) is 16.8. The summed E-state index contributed by atoms with van der Waals surface area (Å²) < 4.78 is 1.92. The molecule has 1 atom stereocenters. The molecule has 3 heterocycles. The molecule has 0 saturated carbocycles. The van der Waals surface area contributed by atoms with Crippen molar-refractivity contribution in [3.63, 3.8) is 0 Å². The Balaban J connectivity index is 1.50. The van der Waals surface area contributed by atoms with Gasteiger partial charge in [0.2, 0.25) is 0 Å². The third-order valence-corrected chi connectivity index (χ3v) is 4.38. The van der Waals surface area contributed by atoms with E-state index in [9.17, 15) is 14.4 Å². The average molecular weight is 325 g/mol.